The van der Waals surface area contributed by atoms with Crippen LogP contribution in [0.25, 0.3) is 0 Å². The van der Waals surface area contributed by atoms with Crippen molar-refractivity contribution in [1.29, 1.82) is 0 Å². The summed E-state index contributed by atoms with van der Waals surface area (Å²) >= 11 is 5.75. The number of carbonyl (C=O) groups is 1. The molecule has 1 aliphatic rings. The number of ether oxygens (including phenoxy) is 1. The van der Waals surface area contributed by atoms with Gasteiger partial charge in [-0.15, -0.1) is 0 Å². The zero-order chi connectivity index (χ0) is 18.8. The van der Waals surface area contributed by atoms with Crippen molar-refractivity contribution in [1.82, 2.24) is 9.47 Å². The maximum atomic E-state index is 13.1. The van der Waals surface area contributed by atoms with Gasteiger partial charge in [0.15, 0.2) is 0 Å². The van der Waals surface area contributed by atoms with Crippen LogP contribution in [0.3, 0.4) is 0 Å². The lowest BCUT2D eigenvalue weighted by atomic mass is 10.1. The molecular formula is C19H20ClFN2O3. The number of aromatic nitrogens is 1. The number of pyridine rings is 1. The van der Waals surface area contributed by atoms with Crippen LogP contribution in [0.2, 0.25) is 5.02 Å². The number of aryl methyl sites for hydroxylation is 2. The molecule has 5 nitrogen and oxygen atoms in total. The van der Waals surface area contributed by atoms with E-state index in [0.717, 1.165) is 11.3 Å². The number of benzene rings is 1. The molecule has 0 unspecified atom stereocenters. The molecule has 0 atom stereocenters. The molecule has 1 aromatic carbocycles. The topological polar surface area (TPSA) is 51.5 Å². The van der Waals surface area contributed by atoms with Crippen LogP contribution in [-0.2, 0) is 18.3 Å². The van der Waals surface area contributed by atoms with E-state index in [4.69, 9.17) is 16.3 Å². The van der Waals surface area contributed by atoms with Crippen molar-refractivity contribution in [2.75, 3.05) is 13.1 Å². The lowest BCUT2D eigenvalue weighted by Gasteiger charge is -2.39. The Morgan fingerprint density at radius 3 is 2.69 bits per heavy atom. The predicted octanol–water partition coefficient (Wildman–Crippen LogP) is 2.71. The minimum absolute atomic E-state index is 0.0189. The van der Waals surface area contributed by atoms with Crippen LogP contribution in [0.15, 0.2) is 35.1 Å². The van der Waals surface area contributed by atoms with Crippen molar-refractivity contribution < 1.29 is 13.9 Å². The Hall–Kier alpha value is -2.34. The van der Waals surface area contributed by atoms with E-state index in [0.29, 0.717) is 31.7 Å². The van der Waals surface area contributed by atoms with Crippen LogP contribution in [0.1, 0.15) is 17.7 Å². The standard InChI is InChI=1S/C19H20ClFN2O3/c1-12-7-14(9-19(25)22(12)2)26-15-10-23(11-15)18(24)6-4-13-3-5-17(21)16(20)8-13/h3,5,7-9,15H,4,6,10-11H2,1-2H3. The van der Waals surface area contributed by atoms with Crippen LogP contribution < -0.4 is 10.3 Å². The Bertz CT molecular complexity index is 891. The molecule has 0 N–H and O–H groups in total. The number of rotatable bonds is 5. The van der Waals surface area contributed by atoms with Crippen molar-refractivity contribution in [2.45, 2.75) is 25.9 Å². The van der Waals surface area contributed by atoms with Gasteiger partial charge in [0.1, 0.15) is 17.7 Å². The molecule has 3 rings (SSSR count). The molecule has 0 saturated carbocycles. The van der Waals surface area contributed by atoms with E-state index in [2.05, 4.69) is 0 Å². The number of nitrogens with zero attached hydrogens (tertiary/aromatic N) is 2. The van der Waals surface area contributed by atoms with Gasteiger partial charge < -0.3 is 14.2 Å². The molecule has 0 bridgehead atoms. The molecule has 7 heteroatoms. The smallest absolute Gasteiger partial charge is 0.254 e. The van der Waals surface area contributed by atoms with Crippen LogP contribution in [0, 0.1) is 12.7 Å². The summed E-state index contributed by atoms with van der Waals surface area (Å²) in [5.74, 6) is 0.0876. The summed E-state index contributed by atoms with van der Waals surface area (Å²) in [6, 6.07) is 7.75. The lowest BCUT2D eigenvalue weighted by molar-refractivity contribution is -0.139. The van der Waals surface area contributed by atoms with Gasteiger partial charge in [0.25, 0.3) is 5.56 Å². The average molecular weight is 379 g/mol. The summed E-state index contributed by atoms with van der Waals surface area (Å²) in [6.45, 7) is 2.83. The molecule has 1 aliphatic heterocycles. The highest BCUT2D eigenvalue weighted by atomic mass is 35.5. The Kier molecular flexibility index (Phi) is 5.32. The molecular weight excluding hydrogens is 359 g/mol. The quantitative estimate of drug-likeness (QED) is 0.803. The van der Waals surface area contributed by atoms with Gasteiger partial charge in [-0.05, 0) is 37.1 Å². The number of amides is 1. The van der Waals surface area contributed by atoms with E-state index in [1.807, 2.05) is 13.0 Å². The van der Waals surface area contributed by atoms with Crippen molar-refractivity contribution in [2.24, 2.45) is 7.05 Å². The second-order valence-electron chi connectivity index (χ2n) is 6.52. The van der Waals surface area contributed by atoms with Gasteiger partial charge in [-0.25, -0.2) is 4.39 Å². The Balaban J connectivity index is 1.47. The van der Waals surface area contributed by atoms with Crippen molar-refractivity contribution in [3.05, 3.63) is 62.8 Å². The third-order valence-electron chi connectivity index (χ3n) is 4.59. The molecule has 138 valence electrons. The van der Waals surface area contributed by atoms with Crippen LogP contribution in [0.4, 0.5) is 4.39 Å². The first-order valence-electron chi connectivity index (χ1n) is 8.39. The molecule has 26 heavy (non-hydrogen) atoms. The van der Waals surface area contributed by atoms with E-state index >= 15 is 0 Å². The van der Waals surface area contributed by atoms with Gasteiger partial charge in [0, 0.05) is 25.2 Å². The summed E-state index contributed by atoms with van der Waals surface area (Å²) in [4.78, 5) is 25.7. The van der Waals surface area contributed by atoms with Gasteiger partial charge in [-0.3, -0.25) is 9.59 Å². The largest absolute Gasteiger partial charge is 0.486 e. The zero-order valence-corrected chi connectivity index (χ0v) is 15.4. The summed E-state index contributed by atoms with van der Waals surface area (Å²) in [5.41, 5.74) is 1.52. The van der Waals surface area contributed by atoms with Crippen LogP contribution in [-0.4, -0.2) is 34.6 Å². The SMILES string of the molecule is Cc1cc(OC2CN(C(=O)CCc3ccc(F)c(Cl)c3)C2)cc(=O)n1C. The first-order chi connectivity index (χ1) is 12.3. The Morgan fingerprint density at radius 1 is 1.31 bits per heavy atom. The van der Waals surface area contributed by atoms with Crippen molar-refractivity contribution in [3.63, 3.8) is 0 Å². The van der Waals surface area contributed by atoms with Gasteiger partial charge in [-0.2, -0.15) is 0 Å². The maximum absolute atomic E-state index is 13.1. The molecule has 1 amide bonds. The summed E-state index contributed by atoms with van der Waals surface area (Å²) in [5, 5.41) is 0.0664. The second-order valence-corrected chi connectivity index (χ2v) is 6.92. The normalized spacial score (nSPS) is 14.2. The second kappa shape index (κ2) is 7.50. The number of likely N-dealkylation sites (tertiary alicyclic amines) is 1. The third kappa shape index (κ3) is 4.07. The number of halogens is 2. The summed E-state index contributed by atoms with van der Waals surface area (Å²) in [6.07, 6.45) is 0.736. The van der Waals surface area contributed by atoms with E-state index in [-0.39, 0.29) is 22.6 Å². The molecule has 2 heterocycles. The average Bonchev–Trinajstić information content (AvgIpc) is 2.56. The third-order valence-corrected chi connectivity index (χ3v) is 4.88. The number of carbonyl (C=O) groups excluding carboxylic acids is 1. The molecule has 1 aromatic heterocycles. The molecule has 1 saturated heterocycles. The van der Waals surface area contributed by atoms with Crippen LogP contribution in [0.5, 0.6) is 5.75 Å². The first-order valence-corrected chi connectivity index (χ1v) is 8.77. The van der Waals surface area contributed by atoms with Gasteiger partial charge in [0.05, 0.1) is 18.1 Å². The Labute approximate surface area is 155 Å². The molecule has 2 aromatic rings. The first kappa shape index (κ1) is 18.5. The van der Waals surface area contributed by atoms with Crippen molar-refractivity contribution in [3.8, 4) is 5.75 Å². The van der Waals surface area contributed by atoms with Gasteiger partial charge in [-0.1, -0.05) is 17.7 Å². The number of hydrogen-bond donors (Lipinski definition) is 0. The minimum Gasteiger partial charge on any atom is -0.486 e. The van der Waals surface area contributed by atoms with E-state index < -0.39 is 5.82 Å². The fourth-order valence-electron chi connectivity index (χ4n) is 2.82. The van der Waals surface area contributed by atoms with Crippen LogP contribution >= 0.6 is 11.6 Å². The highest BCUT2D eigenvalue weighted by molar-refractivity contribution is 6.30. The monoisotopic (exact) mass is 378 g/mol. The number of hydrogen-bond acceptors (Lipinski definition) is 3. The van der Waals surface area contributed by atoms with E-state index in [1.165, 1.54) is 12.1 Å². The predicted molar refractivity (Wildman–Crippen MR) is 97.1 cm³/mol. The van der Waals surface area contributed by atoms with Crippen molar-refractivity contribution >= 4 is 17.5 Å². The molecule has 0 aliphatic carbocycles. The fourth-order valence-corrected chi connectivity index (χ4v) is 3.02. The minimum atomic E-state index is -0.463. The fraction of sp³-hybridized carbons (Fsp3) is 0.368. The lowest BCUT2D eigenvalue weighted by Crippen LogP contribution is -2.56. The van der Waals surface area contributed by atoms with Gasteiger partial charge >= 0.3 is 0 Å². The molecule has 1 fully saturated rings. The van der Waals surface area contributed by atoms with Gasteiger partial charge in [0.2, 0.25) is 5.91 Å². The maximum Gasteiger partial charge on any atom is 0.254 e. The van der Waals surface area contributed by atoms with E-state index in [9.17, 15) is 14.0 Å². The zero-order valence-electron chi connectivity index (χ0n) is 14.7. The van der Waals surface area contributed by atoms with E-state index in [1.54, 1.807) is 28.6 Å². The Morgan fingerprint density at radius 2 is 2.04 bits per heavy atom. The molecule has 0 spiro atoms. The highest BCUT2D eigenvalue weighted by Gasteiger charge is 2.32. The highest BCUT2D eigenvalue weighted by Crippen LogP contribution is 2.20. The summed E-state index contributed by atoms with van der Waals surface area (Å²) < 4.78 is 20.5. The molecule has 0 radical (unpaired) electrons. The summed E-state index contributed by atoms with van der Waals surface area (Å²) in [7, 11) is 1.71.